The summed E-state index contributed by atoms with van der Waals surface area (Å²) < 4.78 is 11.7. The minimum Gasteiger partial charge on any atom is -0.399 e. The second kappa shape index (κ2) is 4.68. The van der Waals surface area contributed by atoms with Gasteiger partial charge in [0.15, 0.2) is 6.29 Å². The number of carbonyl (C=O) groups excluding carboxylic acids is 2. The Morgan fingerprint density at radius 2 is 1.85 bits per heavy atom. The lowest BCUT2D eigenvalue weighted by atomic mass is 9.74. The van der Waals surface area contributed by atoms with E-state index in [1.807, 2.05) is 27.7 Å². The second-order valence-electron chi connectivity index (χ2n) is 5.73. The predicted octanol–water partition coefficient (Wildman–Crippen LogP) is 0.292. The first kappa shape index (κ1) is 14.7. The SMILES string of the molecule is CC1(C)OB(c2c(C(N)=O)ccnc2C=O)OC1(C)C. The van der Waals surface area contributed by atoms with Gasteiger partial charge < -0.3 is 15.0 Å². The van der Waals surface area contributed by atoms with E-state index in [9.17, 15) is 9.59 Å². The Balaban J connectivity index is 2.54. The van der Waals surface area contributed by atoms with E-state index in [4.69, 9.17) is 15.0 Å². The molecule has 0 saturated carbocycles. The Bertz CT molecular complexity index is 555. The van der Waals surface area contributed by atoms with E-state index >= 15 is 0 Å². The van der Waals surface area contributed by atoms with Crippen molar-refractivity contribution in [3.8, 4) is 0 Å². The van der Waals surface area contributed by atoms with Gasteiger partial charge in [0.25, 0.3) is 0 Å². The standard InChI is InChI=1S/C13H17BN2O4/c1-12(2)13(3,4)20-14(19-12)10-8(11(15)18)5-6-16-9(10)7-17/h5-7H,1-4H3,(H2,15,18). The molecule has 0 unspecified atom stereocenters. The molecule has 0 bridgehead atoms. The lowest BCUT2D eigenvalue weighted by Crippen LogP contribution is -2.42. The molecule has 6 nitrogen and oxygen atoms in total. The molecule has 1 aliphatic heterocycles. The largest absolute Gasteiger partial charge is 0.498 e. The van der Waals surface area contributed by atoms with E-state index in [0.717, 1.165) is 0 Å². The van der Waals surface area contributed by atoms with Crippen LogP contribution in [0.15, 0.2) is 12.3 Å². The Morgan fingerprint density at radius 3 is 2.30 bits per heavy atom. The molecule has 1 aromatic heterocycles. The van der Waals surface area contributed by atoms with E-state index in [-0.39, 0.29) is 16.7 Å². The van der Waals surface area contributed by atoms with Gasteiger partial charge in [-0.15, -0.1) is 0 Å². The maximum Gasteiger partial charge on any atom is 0.498 e. The highest BCUT2D eigenvalue weighted by Crippen LogP contribution is 2.36. The molecule has 0 atom stereocenters. The third kappa shape index (κ3) is 2.23. The number of hydrogen-bond acceptors (Lipinski definition) is 5. The highest BCUT2D eigenvalue weighted by molar-refractivity contribution is 6.65. The summed E-state index contributed by atoms with van der Waals surface area (Å²) in [5, 5.41) is 0. The Morgan fingerprint density at radius 1 is 1.30 bits per heavy atom. The summed E-state index contributed by atoms with van der Waals surface area (Å²) in [5.74, 6) is -0.653. The van der Waals surface area contributed by atoms with Crippen LogP contribution in [0.25, 0.3) is 0 Å². The van der Waals surface area contributed by atoms with Gasteiger partial charge in [0.1, 0.15) is 5.69 Å². The first-order valence-corrected chi connectivity index (χ1v) is 6.29. The summed E-state index contributed by atoms with van der Waals surface area (Å²) in [5.41, 5.74) is 4.75. The number of hydrogen-bond donors (Lipinski definition) is 1. The number of carbonyl (C=O) groups is 2. The van der Waals surface area contributed by atoms with E-state index in [1.54, 1.807) is 0 Å². The van der Waals surface area contributed by atoms with Crippen LogP contribution >= 0.6 is 0 Å². The lowest BCUT2D eigenvalue weighted by Gasteiger charge is -2.32. The molecule has 1 aromatic rings. The predicted molar refractivity (Wildman–Crippen MR) is 73.9 cm³/mol. The zero-order chi connectivity index (χ0) is 15.1. The number of rotatable bonds is 3. The fourth-order valence-electron chi connectivity index (χ4n) is 2.01. The van der Waals surface area contributed by atoms with Crippen LogP contribution < -0.4 is 11.2 Å². The van der Waals surface area contributed by atoms with Crippen LogP contribution in [0.5, 0.6) is 0 Å². The molecule has 20 heavy (non-hydrogen) atoms. The average Bonchev–Trinajstić information content (AvgIpc) is 2.57. The van der Waals surface area contributed by atoms with Gasteiger partial charge in [-0.25, -0.2) is 0 Å². The first-order valence-electron chi connectivity index (χ1n) is 6.29. The fraction of sp³-hybridized carbons (Fsp3) is 0.462. The molecule has 7 heteroatoms. The van der Waals surface area contributed by atoms with E-state index < -0.39 is 24.2 Å². The van der Waals surface area contributed by atoms with E-state index in [2.05, 4.69) is 4.98 Å². The normalized spacial score (nSPS) is 19.9. The smallest absolute Gasteiger partial charge is 0.399 e. The fourth-order valence-corrected chi connectivity index (χ4v) is 2.01. The van der Waals surface area contributed by atoms with Crippen molar-refractivity contribution in [2.24, 2.45) is 5.73 Å². The van der Waals surface area contributed by atoms with Crippen molar-refractivity contribution in [1.29, 1.82) is 0 Å². The van der Waals surface area contributed by atoms with Crippen LogP contribution in [0.4, 0.5) is 0 Å². The topological polar surface area (TPSA) is 91.5 Å². The van der Waals surface area contributed by atoms with Crippen LogP contribution in [0.1, 0.15) is 48.5 Å². The quantitative estimate of drug-likeness (QED) is 0.633. The minimum atomic E-state index is -0.851. The number of nitrogens with zero attached hydrogens (tertiary/aromatic N) is 1. The van der Waals surface area contributed by atoms with Gasteiger partial charge in [-0.1, -0.05) is 0 Å². The lowest BCUT2D eigenvalue weighted by molar-refractivity contribution is 0.00578. The van der Waals surface area contributed by atoms with Gasteiger partial charge >= 0.3 is 7.12 Å². The van der Waals surface area contributed by atoms with Crippen molar-refractivity contribution in [2.75, 3.05) is 0 Å². The molecule has 2 N–H and O–H groups in total. The summed E-state index contributed by atoms with van der Waals surface area (Å²) in [6, 6.07) is 1.45. The number of pyridine rings is 1. The first-order chi connectivity index (χ1) is 9.19. The third-order valence-corrected chi connectivity index (χ3v) is 3.89. The molecule has 106 valence electrons. The molecule has 2 rings (SSSR count). The van der Waals surface area contributed by atoms with Crippen LogP contribution in [0, 0.1) is 0 Å². The van der Waals surface area contributed by atoms with Crippen molar-refractivity contribution in [1.82, 2.24) is 4.98 Å². The van der Waals surface area contributed by atoms with Gasteiger partial charge in [0.2, 0.25) is 5.91 Å². The number of aldehydes is 1. The van der Waals surface area contributed by atoms with E-state index in [0.29, 0.717) is 6.29 Å². The van der Waals surface area contributed by atoms with Crippen molar-refractivity contribution >= 4 is 24.8 Å². The number of aromatic nitrogens is 1. The van der Waals surface area contributed by atoms with Gasteiger partial charge in [-0.05, 0) is 33.8 Å². The molecule has 0 aliphatic carbocycles. The third-order valence-electron chi connectivity index (χ3n) is 3.89. The molecule has 1 saturated heterocycles. The maximum absolute atomic E-state index is 11.5. The zero-order valence-corrected chi connectivity index (χ0v) is 12.0. The van der Waals surface area contributed by atoms with Crippen molar-refractivity contribution < 1.29 is 18.9 Å². The monoisotopic (exact) mass is 276 g/mol. The van der Waals surface area contributed by atoms with Gasteiger partial charge in [0, 0.05) is 17.2 Å². The molecule has 1 fully saturated rings. The highest BCUT2D eigenvalue weighted by atomic mass is 16.7. The van der Waals surface area contributed by atoms with Crippen LogP contribution in [0.3, 0.4) is 0 Å². The zero-order valence-electron chi connectivity index (χ0n) is 12.0. The minimum absolute atomic E-state index is 0.0970. The van der Waals surface area contributed by atoms with Crippen LogP contribution in [-0.4, -0.2) is 35.5 Å². The van der Waals surface area contributed by atoms with E-state index in [1.165, 1.54) is 12.3 Å². The summed E-state index contributed by atoms with van der Waals surface area (Å²) in [7, 11) is -0.851. The summed E-state index contributed by atoms with van der Waals surface area (Å²) >= 11 is 0. The van der Waals surface area contributed by atoms with Gasteiger partial charge in [0.05, 0.1) is 11.2 Å². The average molecular weight is 276 g/mol. The molecule has 1 aliphatic rings. The molecular formula is C13H17BN2O4. The molecule has 2 heterocycles. The number of primary amides is 1. The Labute approximate surface area is 117 Å². The van der Waals surface area contributed by atoms with Crippen LogP contribution in [-0.2, 0) is 9.31 Å². The summed E-state index contributed by atoms with van der Waals surface area (Å²) in [4.78, 5) is 26.6. The van der Waals surface area contributed by atoms with Crippen molar-refractivity contribution in [2.45, 2.75) is 38.9 Å². The number of nitrogens with two attached hydrogens (primary N) is 1. The maximum atomic E-state index is 11.5. The molecule has 0 aromatic carbocycles. The summed E-state index contributed by atoms with van der Waals surface area (Å²) in [6.45, 7) is 7.53. The molecule has 0 spiro atoms. The van der Waals surface area contributed by atoms with Crippen LogP contribution in [0.2, 0.25) is 0 Å². The summed E-state index contributed by atoms with van der Waals surface area (Å²) in [6.07, 6.45) is 1.92. The highest BCUT2D eigenvalue weighted by Gasteiger charge is 2.53. The van der Waals surface area contributed by atoms with Gasteiger partial charge in [-0.2, -0.15) is 0 Å². The van der Waals surface area contributed by atoms with Crippen molar-refractivity contribution in [3.05, 3.63) is 23.5 Å². The second-order valence-corrected chi connectivity index (χ2v) is 5.73. The van der Waals surface area contributed by atoms with Gasteiger partial charge in [-0.3, -0.25) is 14.6 Å². The molecule has 0 radical (unpaired) electrons. The molecular weight excluding hydrogens is 259 g/mol. The van der Waals surface area contributed by atoms with Crippen molar-refractivity contribution in [3.63, 3.8) is 0 Å². The molecule has 1 amide bonds. The Kier molecular flexibility index (Phi) is 3.43. The Hall–Kier alpha value is -1.73. The number of amides is 1.